The van der Waals surface area contributed by atoms with Gasteiger partial charge in [0.1, 0.15) is 5.01 Å². The van der Waals surface area contributed by atoms with Crippen molar-refractivity contribution in [3.8, 4) is 10.6 Å². The van der Waals surface area contributed by atoms with Crippen LogP contribution in [0, 0.1) is 5.92 Å². The molecular formula is C19H21N5OS. The predicted molar refractivity (Wildman–Crippen MR) is 101 cm³/mol. The summed E-state index contributed by atoms with van der Waals surface area (Å²) in [6.07, 6.45) is 12.6. The molecule has 0 spiro atoms. The SMILES string of the molecule is O=C(NCCCn1ccnc1)C1CCc2sc(-c3ccncc3)nc2C1. The van der Waals surface area contributed by atoms with E-state index in [1.807, 2.05) is 22.9 Å². The number of carbonyl (C=O) groups is 1. The molecule has 0 bridgehead atoms. The summed E-state index contributed by atoms with van der Waals surface area (Å²) in [5.41, 5.74) is 2.19. The zero-order valence-corrected chi connectivity index (χ0v) is 15.3. The molecule has 7 heteroatoms. The first kappa shape index (κ1) is 16.9. The van der Waals surface area contributed by atoms with Crippen LogP contribution in [-0.2, 0) is 24.2 Å². The van der Waals surface area contributed by atoms with Crippen molar-refractivity contribution in [2.75, 3.05) is 6.54 Å². The Morgan fingerprint density at radius 3 is 2.96 bits per heavy atom. The molecule has 3 heterocycles. The fourth-order valence-corrected chi connectivity index (χ4v) is 4.37. The van der Waals surface area contributed by atoms with E-state index in [4.69, 9.17) is 4.98 Å². The minimum absolute atomic E-state index is 0.0307. The first-order valence-electron chi connectivity index (χ1n) is 8.92. The fraction of sp³-hybridized carbons (Fsp3) is 0.368. The van der Waals surface area contributed by atoms with Crippen LogP contribution in [-0.4, -0.2) is 32.0 Å². The van der Waals surface area contributed by atoms with E-state index in [1.165, 1.54) is 4.88 Å². The van der Waals surface area contributed by atoms with Crippen molar-refractivity contribution >= 4 is 17.2 Å². The molecule has 1 atom stereocenters. The molecule has 0 aliphatic heterocycles. The van der Waals surface area contributed by atoms with Crippen LogP contribution in [0.3, 0.4) is 0 Å². The second-order valence-corrected chi connectivity index (χ2v) is 7.59. The second kappa shape index (κ2) is 7.78. The van der Waals surface area contributed by atoms with Crippen LogP contribution in [0.25, 0.3) is 10.6 Å². The number of imidazole rings is 1. The summed E-state index contributed by atoms with van der Waals surface area (Å²) in [7, 11) is 0. The van der Waals surface area contributed by atoms with Gasteiger partial charge < -0.3 is 9.88 Å². The lowest BCUT2D eigenvalue weighted by atomic mass is 9.90. The Balaban J connectivity index is 1.31. The molecule has 134 valence electrons. The maximum Gasteiger partial charge on any atom is 0.223 e. The van der Waals surface area contributed by atoms with Gasteiger partial charge in [0.15, 0.2) is 0 Å². The summed E-state index contributed by atoms with van der Waals surface area (Å²) < 4.78 is 2.02. The predicted octanol–water partition coefficient (Wildman–Crippen LogP) is 2.71. The van der Waals surface area contributed by atoms with Crippen molar-refractivity contribution in [3.05, 3.63) is 53.8 Å². The molecule has 3 aromatic rings. The van der Waals surface area contributed by atoms with Crippen molar-refractivity contribution in [3.63, 3.8) is 0 Å². The first-order chi connectivity index (χ1) is 12.8. The van der Waals surface area contributed by atoms with Gasteiger partial charge in [0.25, 0.3) is 0 Å². The Bertz CT molecular complexity index is 859. The highest BCUT2D eigenvalue weighted by Crippen LogP contribution is 2.34. The summed E-state index contributed by atoms with van der Waals surface area (Å²) in [5.74, 6) is 0.183. The summed E-state index contributed by atoms with van der Waals surface area (Å²) >= 11 is 1.74. The van der Waals surface area contributed by atoms with Gasteiger partial charge in [-0.1, -0.05) is 0 Å². The molecule has 1 aliphatic rings. The average Bonchev–Trinajstić information content (AvgIpc) is 3.34. The molecule has 1 aliphatic carbocycles. The van der Waals surface area contributed by atoms with Gasteiger partial charge in [-0.25, -0.2) is 9.97 Å². The normalized spacial score (nSPS) is 16.2. The van der Waals surface area contributed by atoms with Crippen molar-refractivity contribution < 1.29 is 4.79 Å². The van der Waals surface area contributed by atoms with Crippen molar-refractivity contribution in [1.82, 2.24) is 24.8 Å². The lowest BCUT2D eigenvalue weighted by molar-refractivity contribution is -0.125. The van der Waals surface area contributed by atoms with E-state index in [-0.39, 0.29) is 11.8 Å². The summed E-state index contributed by atoms with van der Waals surface area (Å²) in [5, 5.41) is 4.11. The topological polar surface area (TPSA) is 72.7 Å². The Morgan fingerprint density at radius 2 is 2.15 bits per heavy atom. The number of hydrogen-bond donors (Lipinski definition) is 1. The van der Waals surface area contributed by atoms with E-state index >= 15 is 0 Å². The number of carbonyl (C=O) groups excluding carboxylic acids is 1. The van der Waals surface area contributed by atoms with Gasteiger partial charge in [-0.05, 0) is 31.4 Å². The number of nitrogens with one attached hydrogen (secondary N) is 1. The molecule has 1 amide bonds. The van der Waals surface area contributed by atoms with Crippen LogP contribution in [0.15, 0.2) is 43.2 Å². The maximum absolute atomic E-state index is 12.5. The third-order valence-electron chi connectivity index (χ3n) is 4.69. The van der Waals surface area contributed by atoms with E-state index in [9.17, 15) is 4.79 Å². The zero-order chi connectivity index (χ0) is 17.8. The molecule has 0 radical (unpaired) electrons. The van der Waals surface area contributed by atoms with Crippen molar-refractivity contribution in [1.29, 1.82) is 0 Å². The highest BCUT2D eigenvalue weighted by molar-refractivity contribution is 7.15. The lowest BCUT2D eigenvalue weighted by Crippen LogP contribution is -2.34. The second-order valence-electron chi connectivity index (χ2n) is 6.51. The van der Waals surface area contributed by atoms with Crippen LogP contribution in [0.1, 0.15) is 23.4 Å². The Morgan fingerprint density at radius 1 is 1.27 bits per heavy atom. The molecular weight excluding hydrogens is 346 g/mol. The molecule has 1 N–H and O–H groups in total. The molecule has 4 rings (SSSR count). The molecule has 26 heavy (non-hydrogen) atoms. The van der Waals surface area contributed by atoms with E-state index < -0.39 is 0 Å². The highest BCUT2D eigenvalue weighted by atomic mass is 32.1. The summed E-state index contributed by atoms with van der Waals surface area (Å²) in [4.78, 5) is 26.7. The van der Waals surface area contributed by atoms with Crippen LogP contribution in [0.2, 0.25) is 0 Å². The minimum Gasteiger partial charge on any atom is -0.356 e. The van der Waals surface area contributed by atoms with Gasteiger partial charge in [0.05, 0.1) is 12.0 Å². The Kier molecular flexibility index (Phi) is 5.06. The van der Waals surface area contributed by atoms with Gasteiger partial charge >= 0.3 is 0 Å². The number of fused-ring (bicyclic) bond motifs is 1. The summed E-state index contributed by atoms with van der Waals surface area (Å²) in [6, 6.07) is 3.96. The quantitative estimate of drug-likeness (QED) is 0.680. The molecule has 1 unspecified atom stereocenters. The lowest BCUT2D eigenvalue weighted by Gasteiger charge is -2.20. The number of amides is 1. The van der Waals surface area contributed by atoms with Gasteiger partial charge in [-0.3, -0.25) is 9.78 Å². The number of hydrogen-bond acceptors (Lipinski definition) is 5. The molecule has 3 aromatic heterocycles. The number of thiazole rings is 1. The Hall–Kier alpha value is -2.54. The van der Waals surface area contributed by atoms with Gasteiger partial charge in [0, 0.05) is 60.7 Å². The minimum atomic E-state index is 0.0307. The van der Waals surface area contributed by atoms with E-state index in [0.29, 0.717) is 6.54 Å². The fourth-order valence-electron chi connectivity index (χ4n) is 3.26. The van der Waals surface area contributed by atoms with E-state index in [2.05, 4.69) is 15.3 Å². The average molecular weight is 367 g/mol. The van der Waals surface area contributed by atoms with Crippen LogP contribution in [0.5, 0.6) is 0 Å². The number of aromatic nitrogens is 4. The Labute approximate surface area is 156 Å². The van der Waals surface area contributed by atoms with Crippen LogP contribution < -0.4 is 5.32 Å². The largest absolute Gasteiger partial charge is 0.356 e. The molecule has 0 saturated carbocycles. The van der Waals surface area contributed by atoms with Gasteiger partial charge in [0.2, 0.25) is 5.91 Å². The number of nitrogens with zero attached hydrogens (tertiary/aromatic N) is 4. The highest BCUT2D eigenvalue weighted by Gasteiger charge is 2.27. The smallest absolute Gasteiger partial charge is 0.223 e. The third-order valence-corrected chi connectivity index (χ3v) is 5.89. The summed E-state index contributed by atoms with van der Waals surface area (Å²) in [6.45, 7) is 1.57. The standard InChI is InChI=1S/C19H21N5OS/c25-18(22-6-1-10-24-11-9-21-13-24)15-2-3-17-16(12-15)23-19(26-17)14-4-7-20-8-5-14/h4-5,7-9,11,13,15H,1-3,6,10,12H2,(H,22,25). The van der Waals surface area contributed by atoms with Crippen LogP contribution >= 0.6 is 11.3 Å². The number of pyridine rings is 1. The molecule has 0 fully saturated rings. The van der Waals surface area contributed by atoms with E-state index in [0.717, 1.165) is 48.5 Å². The third kappa shape index (κ3) is 3.83. The molecule has 0 aromatic carbocycles. The van der Waals surface area contributed by atoms with Crippen molar-refractivity contribution in [2.24, 2.45) is 5.92 Å². The van der Waals surface area contributed by atoms with Gasteiger partial charge in [-0.2, -0.15) is 0 Å². The first-order valence-corrected chi connectivity index (χ1v) is 9.73. The monoisotopic (exact) mass is 367 g/mol. The molecule has 6 nitrogen and oxygen atoms in total. The number of rotatable bonds is 6. The maximum atomic E-state index is 12.5. The molecule has 0 saturated heterocycles. The van der Waals surface area contributed by atoms with Gasteiger partial charge in [-0.15, -0.1) is 11.3 Å². The van der Waals surface area contributed by atoms with E-state index in [1.54, 1.807) is 36.3 Å². The number of aryl methyl sites for hydroxylation is 2. The van der Waals surface area contributed by atoms with Crippen molar-refractivity contribution in [2.45, 2.75) is 32.2 Å². The van der Waals surface area contributed by atoms with Crippen LogP contribution in [0.4, 0.5) is 0 Å². The zero-order valence-electron chi connectivity index (χ0n) is 14.5.